The van der Waals surface area contributed by atoms with Crippen molar-refractivity contribution in [1.82, 2.24) is 5.32 Å². The fraction of sp³-hybridized carbons (Fsp3) is 0.222. The number of benzene rings is 2. The Morgan fingerprint density at radius 3 is 2.43 bits per heavy atom. The molecule has 0 heterocycles. The van der Waals surface area contributed by atoms with Crippen LogP contribution < -0.4 is 5.32 Å². The Hall–Kier alpha value is -3.50. The average Bonchev–Trinajstić information content (AvgIpc) is 2.70. The zero-order chi connectivity index (χ0) is 20.7. The lowest BCUT2D eigenvalue weighted by molar-refractivity contribution is -0.385. The second-order valence-electron chi connectivity index (χ2n) is 5.79. The highest BCUT2D eigenvalue weighted by Crippen LogP contribution is 2.26. The number of nitrogens with one attached hydrogen (secondary N) is 1. The van der Waals surface area contributed by atoms with Crippen LogP contribution >= 0.6 is 0 Å². The number of rotatable bonds is 8. The normalized spacial score (nSPS) is 12.6. The predicted octanol–water partition coefficient (Wildman–Crippen LogP) is 1.61. The molecule has 0 bridgehead atoms. The molecule has 0 saturated carbocycles. The highest BCUT2D eigenvalue weighted by Gasteiger charge is 2.26. The fourth-order valence-corrected chi connectivity index (χ4v) is 2.38. The van der Waals surface area contributed by atoms with Gasteiger partial charge in [0.05, 0.1) is 10.5 Å². The van der Waals surface area contributed by atoms with Crippen LogP contribution in [0.25, 0.3) is 0 Å². The number of aliphatic hydroxyl groups is 2. The number of alkyl carbamates (subject to hydrolysis) is 1. The first-order valence-electron chi connectivity index (χ1n) is 8.12. The summed E-state index contributed by atoms with van der Waals surface area (Å²) in [5.74, 6) is -1.42. The van der Waals surface area contributed by atoms with Gasteiger partial charge in [-0.3, -0.25) is 10.1 Å². The van der Waals surface area contributed by atoms with Crippen molar-refractivity contribution in [2.75, 3.05) is 6.54 Å². The number of carboxylic acids is 1. The second kappa shape index (κ2) is 9.44. The maximum absolute atomic E-state index is 11.7. The van der Waals surface area contributed by atoms with E-state index in [4.69, 9.17) is 9.84 Å². The summed E-state index contributed by atoms with van der Waals surface area (Å²) in [6.45, 7) is -0.462. The van der Waals surface area contributed by atoms with Crippen molar-refractivity contribution in [2.24, 2.45) is 0 Å². The number of amides is 1. The SMILES string of the molecule is O=C(NCC(O)C(O)c1cc([N+](=O)[O-])ccc1C(=O)O)OCc1ccccc1. The average molecular weight is 390 g/mol. The summed E-state index contributed by atoms with van der Waals surface area (Å²) in [6.07, 6.45) is -4.25. The van der Waals surface area contributed by atoms with E-state index in [1.807, 2.05) is 0 Å². The van der Waals surface area contributed by atoms with Crippen LogP contribution in [0.1, 0.15) is 27.6 Å². The quantitative estimate of drug-likeness (QED) is 0.391. The Morgan fingerprint density at radius 1 is 1.14 bits per heavy atom. The van der Waals surface area contributed by atoms with E-state index < -0.39 is 47.0 Å². The van der Waals surface area contributed by atoms with Crippen molar-refractivity contribution in [3.63, 3.8) is 0 Å². The number of hydrogen-bond acceptors (Lipinski definition) is 7. The molecule has 28 heavy (non-hydrogen) atoms. The van der Waals surface area contributed by atoms with Crippen LogP contribution in [0, 0.1) is 10.1 Å². The summed E-state index contributed by atoms with van der Waals surface area (Å²) >= 11 is 0. The van der Waals surface area contributed by atoms with Crippen molar-refractivity contribution in [2.45, 2.75) is 18.8 Å². The Bertz CT molecular complexity index is 856. The van der Waals surface area contributed by atoms with E-state index in [0.29, 0.717) is 0 Å². The number of carbonyl (C=O) groups excluding carboxylic acids is 1. The van der Waals surface area contributed by atoms with E-state index in [1.165, 1.54) is 0 Å². The number of aliphatic hydroxyl groups excluding tert-OH is 2. The highest BCUT2D eigenvalue weighted by molar-refractivity contribution is 5.90. The van der Waals surface area contributed by atoms with Gasteiger partial charge in [0.2, 0.25) is 0 Å². The minimum absolute atomic E-state index is 0.000630. The van der Waals surface area contributed by atoms with Gasteiger partial charge in [0.15, 0.2) is 0 Å². The van der Waals surface area contributed by atoms with Gasteiger partial charge in [-0.05, 0) is 11.6 Å². The number of non-ortho nitro benzene ring substituents is 1. The highest BCUT2D eigenvalue weighted by atomic mass is 16.6. The third-order valence-electron chi connectivity index (χ3n) is 3.83. The minimum atomic E-state index is -1.78. The molecule has 0 aliphatic heterocycles. The zero-order valence-corrected chi connectivity index (χ0v) is 14.5. The molecule has 2 aromatic carbocycles. The number of nitrogens with zero attached hydrogens (tertiary/aromatic N) is 1. The maximum Gasteiger partial charge on any atom is 0.407 e. The van der Waals surface area contributed by atoms with Gasteiger partial charge in [0.25, 0.3) is 5.69 Å². The van der Waals surface area contributed by atoms with E-state index in [9.17, 15) is 29.9 Å². The molecule has 2 atom stereocenters. The molecule has 0 saturated heterocycles. The molecule has 0 fully saturated rings. The topological polar surface area (TPSA) is 159 Å². The summed E-state index contributed by atoms with van der Waals surface area (Å²) in [5, 5.41) is 42.6. The summed E-state index contributed by atoms with van der Waals surface area (Å²) < 4.78 is 4.95. The number of hydrogen-bond donors (Lipinski definition) is 4. The van der Waals surface area contributed by atoms with Crippen LogP contribution in [0.2, 0.25) is 0 Å². The molecular formula is C18H18N2O8. The molecule has 2 unspecified atom stereocenters. The minimum Gasteiger partial charge on any atom is -0.478 e. The molecule has 2 aromatic rings. The lowest BCUT2D eigenvalue weighted by Gasteiger charge is -2.20. The van der Waals surface area contributed by atoms with Crippen LogP contribution in [0.15, 0.2) is 48.5 Å². The lowest BCUT2D eigenvalue weighted by Crippen LogP contribution is -2.36. The van der Waals surface area contributed by atoms with Crippen LogP contribution in [-0.2, 0) is 11.3 Å². The number of nitro benzene ring substituents is 1. The summed E-state index contributed by atoms with van der Waals surface area (Å²) in [5.41, 5.74) is -0.431. The third kappa shape index (κ3) is 5.50. The number of aromatic carboxylic acids is 1. The van der Waals surface area contributed by atoms with E-state index in [0.717, 1.165) is 23.8 Å². The number of carbonyl (C=O) groups is 2. The molecule has 1 amide bonds. The van der Waals surface area contributed by atoms with Crippen LogP contribution in [0.5, 0.6) is 0 Å². The standard InChI is InChI=1S/C18H18N2O8/c21-15(9-19-18(25)28-10-11-4-2-1-3-5-11)16(22)14-8-12(20(26)27)6-7-13(14)17(23)24/h1-8,15-16,21-22H,9-10H2,(H,19,25)(H,23,24). The first-order valence-corrected chi connectivity index (χ1v) is 8.12. The Morgan fingerprint density at radius 2 is 1.82 bits per heavy atom. The number of ether oxygens (including phenoxy) is 1. The van der Waals surface area contributed by atoms with Gasteiger partial charge >= 0.3 is 12.1 Å². The van der Waals surface area contributed by atoms with Gasteiger partial charge in [-0.15, -0.1) is 0 Å². The first kappa shape index (κ1) is 20.8. The molecule has 0 aromatic heterocycles. The Balaban J connectivity index is 1.99. The third-order valence-corrected chi connectivity index (χ3v) is 3.83. The molecule has 4 N–H and O–H groups in total. The van der Waals surface area contributed by atoms with Gasteiger partial charge in [-0.25, -0.2) is 9.59 Å². The monoisotopic (exact) mass is 390 g/mol. The van der Waals surface area contributed by atoms with E-state index in [1.54, 1.807) is 30.3 Å². The maximum atomic E-state index is 11.7. The van der Waals surface area contributed by atoms with E-state index in [-0.39, 0.29) is 12.2 Å². The molecule has 0 aliphatic carbocycles. The van der Waals surface area contributed by atoms with E-state index >= 15 is 0 Å². The van der Waals surface area contributed by atoms with Crippen LogP contribution in [0.3, 0.4) is 0 Å². The molecular weight excluding hydrogens is 372 g/mol. The lowest BCUT2D eigenvalue weighted by atomic mass is 9.97. The van der Waals surface area contributed by atoms with Gasteiger partial charge in [0.1, 0.15) is 18.8 Å². The Labute approximate surface area is 159 Å². The molecule has 0 spiro atoms. The van der Waals surface area contributed by atoms with Crippen molar-refractivity contribution < 1.29 is 34.6 Å². The molecule has 0 aliphatic rings. The number of carboxylic acid groups (broad SMARTS) is 1. The predicted molar refractivity (Wildman–Crippen MR) is 95.7 cm³/mol. The molecule has 10 nitrogen and oxygen atoms in total. The zero-order valence-electron chi connectivity index (χ0n) is 14.5. The van der Waals surface area contributed by atoms with Crippen LogP contribution in [0.4, 0.5) is 10.5 Å². The molecule has 10 heteroatoms. The van der Waals surface area contributed by atoms with E-state index in [2.05, 4.69) is 5.32 Å². The second-order valence-corrected chi connectivity index (χ2v) is 5.79. The van der Waals surface area contributed by atoms with Gasteiger partial charge < -0.3 is 25.4 Å². The van der Waals surface area contributed by atoms with Gasteiger partial charge in [0, 0.05) is 24.2 Å². The van der Waals surface area contributed by atoms with Crippen molar-refractivity contribution in [1.29, 1.82) is 0 Å². The molecule has 2 rings (SSSR count). The van der Waals surface area contributed by atoms with Crippen molar-refractivity contribution >= 4 is 17.7 Å². The van der Waals surface area contributed by atoms with Crippen molar-refractivity contribution in [3.05, 3.63) is 75.3 Å². The Kier molecular flexibility index (Phi) is 7.02. The van der Waals surface area contributed by atoms with Gasteiger partial charge in [-0.1, -0.05) is 30.3 Å². The summed E-state index contributed by atoms with van der Waals surface area (Å²) in [4.78, 5) is 33.1. The fourth-order valence-electron chi connectivity index (χ4n) is 2.38. The largest absolute Gasteiger partial charge is 0.478 e. The summed E-state index contributed by atoms with van der Waals surface area (Å²) in [6, 6.07) is 11.7. The number of nitro groups is 1. The van der Waals surface area contributed by atoms with Crippen molar-refractivity contribution in [3.8, 4) is 0 Å². The molecule has 0 radical (unpaired) electrons. The molecule has 148 valence electrons. The van der Waals surface area contributed by atoms with Gasteiger partial charge in [-0.2, -0.15) is 0 Å². The van der Waals surface area contributed by atoms with Crippen LogP contribution in [-0.4, -0.2) is 45.0 Å². The first-order chi connectivity index (χ1) is 13.3. The summed E-state index contributed by atoms with van der Waals surface area (Å²) in [7, 11) is 0. The smallest absolute Gasteiger partial charge is 0.407 e.